The van der Waals surface area contributed by atoms with Crippen LogP contribution >= 0.6 is 11.6 Å². The number of anilines is 1. The van der Waals surface area contributed by atoms with Crippen molar-refractivity contribution in [2.45, 2.75) is 12.3 Å². The summed E-state index contributed by atoms with van der Waals surface area (Å²) in [6.45, 7) is 1.96. The molecule has 136 valence electrons. The Bertz CT molecular complexity index is 997. The zero-order chi connectivity index (χ0) is 18.2. The smallest absolute Gasteiger partial charge is 0.245 e. The molecule has 1 aromatic heterocycles. The van der Waals surface area contributed by atoms with Crippen molar-refractivity contribution in [3.05, 3.63) is 59.2 Å². The van der Waals surface area contributed by atoms with Crippen molar-refractivity contribution in [3.63, 3.8) is 0 Å². The van der Waals surface area contributed by atoms with Crippen molar-refractivity contribution in [1.82, 2.24) is 15.2 Å². The average molecular weight is 381 g/mol. The van der Waals surface area contributed by atoms with Gasteiger partial charge in [0.25, 0.3) is 0 Å². The molecular formula is C20H17ClN4O2. The van der Waals surface area contributed by atoms with Gasteiger partial charge in [-0.2, -0.15) is 5.10 Å². The Morgan fingerprint density at radius 1 is 1.07 bits per heavy atom. The minimum atomic E-state index is 0.253. The van der Waals surface area contributed by atoms with E-state index in [1.165, 1.54) is 5.56 Å². The molecule has 2 aliphatic heterocycles. The fourth-order valence-electron chi connectivity index (χ4n) is 3.63. The van der Waals surface area contributed by atoms with E-state index in [2.05, 4.69) is 21.2 Å². The van der Waals surface area contributed by atoms with E-state index in [9.17, 15) is 0 Å². The predicted octanol–water partition coefficient (Wildman–Crippen LogP) is 3.91. The maximum absolute atomic E-state index is 6.37. The van der Waals surface area contributed by atoms with Gasteiger partial charge in [0.2, 0.25) is 12.7 Å². The molecule has 6 nitrogen and oxygen atoms in total. The summed E-state index contributed by atoms with van der Waals surface area (Å²) in [5.41, 5.74) is 2.87. The zero-order valence-corrected chi connectivity index (χ0v) is 15.3. The fraction of sp³-hybridized carbons (Fsp3) is 0.250. The first kappa shape index (κ1) is 16.3. The number of hydrogen-bond donors (Lipinski definition) is 0. The van der Waals surface area contributed by atoms with E-state index in [4.69, 9.17) is 26.1 Å². The molecular weight excluding hydrogens is 364 g/mol. The maximum Gasteiger partial charge on any atom is 0.245 e. The normalized spacial score (nSPS) is 18.1. The lowest BCUT2D eigenvalue weighted by Gasteiger charge is -2.17. The lowest BCUT2D eigenvalue weighted by molar-refractivity contribution is 0.174. The van der Waals surface area contributed by atoms with Gasteiger partial charge in [-0.05, 0) is 36.2 Å². The Hall–Kier alpha value is -2.86. The Morgan fingerprint density at radius 3 is 2.89 bits per heavy atom. The van der Waals surface area contributed by atoms with Crippen LogP contribution in [0.1, 0.15) is 17.9 Å². The molecule has 0 saturated carbocycles. The van der Waals surface area contributed by atoms with Crippen molar-refractivity contribution >= 4 is 17.5 Å². The second kappa shape index (κ2) is 6.70. The first-order valence-electron chi connectivity index (χ1n) is 8.87. The van der Waals surface area contributed by atoms with Gasteiger partial charge < -0.3 is 14.4 Å². The third-order valence-corrected chi connectivity index (χ3v) is 5.38. The number of benzene rings is 2. The van der Waals surface area contributed by atoms with Crippen LogP contribution in [-0.4, -0.2) is 35.1 Å². The number of fused-ring (bicyclic) bond motifs is 1. The first-order chi connectivity index (χ1) is 13.3. The largest absolute Gasteiger partial charge is 0.454 e. The van der Waals surface area contributed by atoms with Crippen molar-refractivity contribution in [2.75, 3.05) is 24.8 Å². The van der Waals surface area contributed by atoms with Gasteiger partial charge in [-0.25, -0.2) is 4.98 Å². The molecule has 1 atom stereocenters. The third-order valence-electron chi connectivity index (χ3n) is 5.03. The second-order valence-corrected chi connectivity index (χ2v) is 7.07. The van der Waals surface area contributed by atoms with Gasteiger partial charge in [0.1, 0.15) is 0 Å². The van der Waals surface area contributed by atoms with Gasteiger partial charge in [-0.15, -0.1) is 5.10 Å². The predicted molar refractivity (Wildman–Crippen MR) is 102 cm³/mol. The second-order valence-electron chi connectivity index (χ2n) is 6.66. The molecule has 0 radical (unpaired) electrons. The standard InChI is InChI=1S/C20H17ClN4O2/c21-16-4-2-1-3-15(16)14-7-8-25(11-14)20-23-17(10-22-24-20)13-5-6-18-19(9-13)27-12-26-18/h1-6,9-10,14H,7-8,11-12H2. The zero-order valence-electron chi connectivity index (χ0n) is 14.5. The minimum Gasteiger partial charge on any atom is -0.454 e. The molecule has 2 aromatic carbocycles. The third kappa shape index (κ3) is 3.06. The van der Waals surface area contributed by atoms with Crippen LogP contribution in [0.5, 0.6) is 11.5 Å². The molecule has 0 bridgehead atoms. The lowest BCUT2D eigenvalue weighted by Crippen LogP contribution is -2.22. The number of rotatable bonds is 3. The van der Waals surface area contributed by atoms with E-state index in [0.29, 0.717) is 11.9 Å². The Kier molecular flexibility index (Phi) is 4.05. The molecule has 0 aliphatic carbocycles. The van der Waals surface area contributed by atoms with Crippen molar-refractivity contribution in [2.24, 2.45) is 0 Å². The highest BCUT2D eigenvalue weighted by Crippen LogP contribution is 2.36. The monoisotopic (exact) mass is 380 g/mol. The number of aromatic nitrogens is 3. The lowest BCUT2D eigenvalue weighted by atomic mass is 9.98. The number of ether oxygens (including phenoxy) is 2. The molecule has 1 unspecified atom stereocenters. The summed E-state index contributed by atoms with van der Waals surface area (Å²) in [5.74, 6) is 2.49. The quantitative estimate of drug-likeness (QED) is 0.686. The summed E-state index contributed by atoms with van der Waals surface area (Å²) in [4.78, 5) is 6.89. The van der Waals surface area contributed by atoms with Gasteiger partial charge in [0.05, 0.1) is 11.9 Å². The summed E-state index contributed by atoms with van der Waals surface area (Å²) < 4.78 is 10.8. The van der Waals surface area contributed by atoms with Crippen LogP contribution < -0.4 is 14.4 Å². The molecule has 5 rings (SSSR count). The van der Waals surface area contributed by atoms with Crippen LogP contribution in [0.4, 0.5) is 5.95 Å². The summed E-state index contributed by atoms with van der Waals surface area (Å²) in [6.07, 6.45) is 2.68. The molecule has 27 heavy (non-hydrogen) atoms. The number of halogens is 1. The fourth-order valence-corrected chi connectivity index (χ4v) is 3.92. The minimum absolute atomic E-state index is 0.253. The maximum atomic E-state index is 6.37. The number of nitrogens with zero attached hydrogens (tertiary/aromatic N) is 4. The van der Waals surface area contributed by atoms with Crippen LogP contribution in [0.25, 0.3) is 11.3 Å². The number of hydrogen-bond acceptors (Lipinski definition) is 6. The molecule has 1 fully saturated rings. The van der Waals surface area contributed by atoms with Crippen LogP contribution in [0.15, 0.2) is 48.7 Å². The molecule has 3 aromatic rings. The van der Waals surface area contributed by atoms with Gasteiger partial charge >= 0.3 is 0 Å². The first-order valence-corrected chi connectivity index (χ1v) is 9.25. The van der Waals surface area contributed by atoms with E-state index in [-0.39, 0.29) is 6.79 Å². The molecule has 7 heteroatoms. The highest BCUT2D eigenvalue weighted by molar-refractivity contribution is 6.31. The van der Waals surface area contributed by atoms with Crippen molar-refractivity contribution < 1.29 is 9.47 Å². The molecule has 0 amide bonds. The van der Waals surface area contributed by atoms with Crippen molar-refractivity contribution in [3.8, 4) is 22.8 Å². The van der Waals surface area contributed by atoms with Crippen LogP contribution in [0.3, 0.4) is 0 Å². The van der Waals surface area contributed by atoms with Gasteiger partial charge in [0, 0.05) is 29.6 Å². The van der Waals surface area contributed by atoms with E-state index in [1.54, 1.807) is 6.20 Å². The molecule has 3 heterocycles. The summed E-state index contributed by atoms with van der Waals surface area (Å²) >= 11 is 6.37. The highest BCUT2D eigenvalue weighted by atomic mass is 35.5. The van der Waals surface area contributed by atoms with Gasteiger partial charge in [0.15, 0.2) is 11.5 Å². The SMILES string of the molecule is Clc1ccccc1C1CCN(c2nncc(-c3ccc4c(c3)OCO4)n2)C1. The molecule has 0 N–H and O–H groups in total. The average Bonchev–Trinajstić information content (AvgIpc) is 3.37. The van der Waals surface area contributed by atoms with Crippen LogP contribution in [-0.2, 0) is 0 Å². The van der Waals surface area contributed by atoms with E-state index < -0.39 is 0 Å². The Labute approximate surface area is 161 Å². The van der Waals surface area contributed by atoms with E-state index in [0.717, 1.165) is 47.3 Å². The summed E-state index contributed by atoms with van der Waals surface area (Å²) in [7, 11) is 0. The van der Waals surface area contributed by atoms with E-state index in [1.807, 2.05) is 36.4 Å². The Balaban J connectivity index is 1.39. The topological polar surface area (TPSA) is 60.4 Å². The highest BCUT2D eigenvalue weighted by Gasteiger charge is 2.27. The van der Waals surface area contributed by atoms with Gasteiger partial charge in [-0.1, -0.05) is 29.8 Å². The Morgan fingerprint density at radius 2 is 1.96 bits per heavy atom. The molecule has 1 saturated heterocycles. The summed E-state index contributed by atoms with van der Waals surface area (Å²) in [5, 5.41) is 9.23. The summed E-state index contributed by atoms with van der Waals surface area (Å²) in [6, 6.07) is 13.8. The van der Waals surface area contributed by atoms with Gasteiger partial charge in [-0.3, -0.25) is 0 Å². The van der Waals surface area contributed by atoms with Crippen LogP contribution in [0.2, 0.25) is 5.02 Å². The molecule has 2 aliphatic rings. The van der Waals surface area contributed by atoms with Crippen molar-refractivity contribution in [1.29, 1.82) is 0 Å². The van der Waals surface area contributed by atoms with Crippen LogP contribution in [0, 0.1) is 0 Å². The molecule has 0 spiro atoms. The van der Waals surface area contributed by atoms with E-state index >= 15 is 0 Å².